The van der Waals surface area contributed by atoms with E-state index in [0.29, 0.717) is 32.7 Å². The maximum Gasteiger partial charge on any atom is 0.260 e. The minimum atomic E-state index is -0.429. The standard InChI is InChI=1S/C21H17FN2O4S/c1-26-16-9-8-13(11-17(16)27-2)20(25)24(12-14-5-4-10-28-14)21-23-19-15(22)6-3-7-18(19)29-21/h3-11H,12H2,1-2H3. The smallest absolute Gasteiger partial charge is 0.260 e. The highest BCUT2D eigenvalue weighted by Crippen LogP contribution is 2.33. The van der Waals surface area contributed by atoms with E-state index in [1.165, 1.54) is 42.8 Å². The minimum Gasteiger partial charge on any atom is -0.493 e. The molecule has 0 fully saturated rings. The molecule has 0 saturated carbocycles. The fourth-order valence-electron chi connectivity index (χ4n) is 2.93. The Morgan fingerprint density at radius 3 is 2.66 bits per heavy atom. The molecule has 8 heteroatoms. The molecule has 0 aliphatic rings. The van der Waals surface area contributed by atoms with Crippen molar-refractivity contribution in [3.8, 4) is 11.5 Å². The number of hydrogen-bond donors (Lipinski definition) is 0. The number of furan rings is 1. The number of amides is 1. The Morgan fingerprint density at radius 1 is 1.14 bits per heavy atom. The topological polar surface area (TPSA) is 64.8 Å². The van der Waals surface area contributed by atoms with E-state index in [9.17, 15) is 9.18 Å². The molecule has 0 radical (unpaired) electrons. The number of rotatable bonds is 6. The van der Waals surface area contributed by atoms with Crippen molar-refractivity contribution in [2.45, 2.75) is 6.54 Å². The van der Waals surface area contributed by atoms with Gasteiger partial charge < -0.3 is 13.9 Å². The number of nitrogens with zero attached hydrogens (tertiary/aromatic N) is 2. The highest BCUT2D eigenvalue weighted by Gasteiger charge is 2.24. The quantitative estimate of drug-likeness (QED) is 0.451. The first kappa shape index (κ1) is 18.9. The van der Waals surface area contributed by atoms with Gasteiger partial charge in [-0.25, -0.2) is 9.37 Å². The average molecular weight is 412 g/mol. The van der Waals surface area contributed by atoms with E-state index < -0.39 is 5.82 Å². The molecule has 0 spiro atoms. The van der Waals surface area contributed by atoms with Crippen LogP contribution in [0, 0.1) is 5.82 Å². The molecular weight excluding hydrogens is 395 g/mol. The van der Waals surface area contributed by atoms with Gasteiger partial charge in [-0.05, 0) is 42.5 Å². The molecule has 1 amide bonds. The van der Waals surface area contributed by atoms with E-state index in [0.717, 1.165) is 0 Å². The summed E-state index contributed by atoms with van der Waals surface area (Å²) in [6.45, 7) is 0.154. The van der Waals surface area contributed by atoms with Gasteiger partial charge in [0.2, 0.25) is 0 Å². The van der Waals surface area contributed by atoms with Crippen LogP contribution in [0.2, 0.25) is 0 Å². The van der Waals surface area contributed by atoms with Gasteiger partial charge >= 0.3 is 0 Å². The number of thiazole rings is 1. The zero-order valence-electron chi connectivity index (χ0n) is 15.7. The van der Waals surface area contributed by atoms with Gasteiger partial charge in [0.15, 0.2) is 16.6 Å². The van der Waals surface area contributed by atoms with Crippen LogP contribution in [0.4, 0.5) is 9.52 Å². The van der Waals surface area contributed by atoms with Gasteiger partial charge in [0.25, 0.3) is 5.91 Å². The van der Waals surface area contributed by atoms with Crippen LogP contribution >= 0.6 is 11.3 Å². The lowest BCUT2D eigenvalue weighted by Gasteiger charge is -2.19. The van der Waals surface area contributed by atoms with Gasteiger partial charge in [-0.3, -0.25) is 9.69 Å². The molecule has 148 valence electrons. The van der Waals surface area contributed by atoms with Crippen molar-refractivity contribution >= 4 is 32.6 Å². The highest BCUT2D eigenvalue weighted by atomic mass is 32.1. The van der Waals surface area contributed by atoms with Crippen molar-refractivity contribution in [3.63, 3.8) is 0 Å². The number of benzene rings is 2. The lowest BCUT2D eigenvalue weighted by Crippen LogP contribution is -2.30. The highest BCUT2D eigenvalue weighted by molar-refractivity contribution is 7.22. The molecule has 0 bridgehead atoms. The molecule has 0 saturated heterocycles. The number of aromatic nitrogens is 1. The van der Waals surface area contributed by atoms with E-state index in [-0.39, 0.29) is 18.0 Å². The summed E-state index contributed by atoms with van der Waals surface area (Å²) >= 11 is 1.24. The molecule has 4 aromatic rings. The molecule has 0 atom stereocenters. The normalized spacial score (nSPS) is 10.9. The molecule has 4 rings (SSSR count). The van der Waals surface area contributed by atoms with E-state index >= 15 is 0 Å². The fraction of sp³-hybridized carbons (Fsp3) is 0.143. The number of hydrogen-bond acceptors (Lipinski definition) is 6. The van der Waals surface area contributed by atoms with Crippen LogP contribution in [-0.4, -0.2) is 25.1 Å². The van der Waals surface area contributed by atoms with E-state index in [1.54, 1.807) is 42.5 Å². The number of ether oxygens (including phenoxy) is 2. The number of para-hydroxylation sites is 1. The van der Waals surface area contributed by atoms with Crippen LogP contribution in [0.1, 0.15) is 16.1 Å². The molecular formula is C21H17FN2O4S. The molecule has 2 aromatic heterocycles. The zero-order chi connectivity index (χ0) is 20.4. The molecule has 6 nitrogen and oxygen atoms in total. The molecule has 2 heterocycles. The Bertz CT molecular complexity index is 1160. The first-order chi connectivity index (χ1) is 14.1. The fourth-order valence-corrected chi connectivity index (χ4v) is 3.91. The molecule has 0 aliphatic carbocycles. The Hall–Kier alpha value is -3.39. The summed E-state index contributed by atoms with van der Waals surface area (Å²) in [5.74, 6) is 0.789. The lowest BCUT2D eigenvalue weighted by molar-refractivity contribution is 0.0983. The van der Waals surface area contributed by atoms with Gasteiger partial charge in [0.1, 0.15) is 17.1 Å². The molecule has 0 unspecified atom stereocenters. The first-order valence-corrected chi connectivity index (χ1v) is 9.53. The maximum absolute atomic E-state index is 14.1. The van der Waals surface area contributed by atoms with Gasteiger partial charge in [-0.1, -0.05) is 17.4 Å². The molecule has 0 aliphatic heterocycles. The summed E-state index contributed by atoms with van der Waals surface area (Å²) in [5, 5.41) is 0.376. The average Bonchev–Trinajstić information content (AvgIpc) is 3.41. The van der Waals surface area contributed by atoms with E-state index in [1.807, 2.05) is 0 Å². The number of carbonyl (C=O) groups is 1. The molecule has 2 aromatic carbocycles. The van der Waals surface area contributed by atoms with Crippen molar-refractivity contribution in [2.75, 3.05) is 19.1 Å². The van der Waals surface area contributed by atoms with E-state index in [2.05, 4.69) is 4.98 Å². The third-order valence-corrected chi connectivity index (χ3v) is 5.40. The third-order valence-electron chi connectivity index (χ3n) is 4.36. The van der Waals surface area contributed by atoms with Crippen molar-refractivity contribution in [1.82, 2.24) is 4.98 Å². The molecule has 29 heavy (non-hydrogen) atoms. The van der Waals surface area contributed by atoms with Gasteiger partial charge in [-0.2, -0.15) is 0 Å². The number of carbonyl (C=O) groups excluding carboxylic acids is 1. The van der Waals surface area contributed by atoms with Crippen molar-refractivity contribution in [3.05, 3.63) is 71.9 Å². The van der Waals surface area contributed by atoms with Crippen LogP contribution in [0.5, 0.6) is 11.5 Å². The van der Waals surface area contributed by atoms with Crippen LogP contribution in [0.3, 0.4) is 0 Å². The van der Waals surface area contributed by atoms with Crippen molar-refractivity contribution in [2.24, 2.45) is 0 Å². The predicted molar refractivity (Wildman–Crippen MR) is 108 cm³/mol. The predicted octanol–water partition coefficient (Wildman–Crippen LogP) is 4.89. The van der Waals surface area contributed by atoms with Crippen molar-refractivity contribution in [1.29, 1.82) is 0 Å². The summed E-state index contributed by atoms with van der Waals surface area (Å²) in [4.78, 5) is 19.2. The number of halogens is 1. The van der Waals surface area contributed by atoms with Gasteiger partial charge in [-0.15, -0.1) is 0 Å². The SMILES string of the molecule is COc1ccc(C(=O)N(Cc2ccco2)c2nc3c(F)cccc3s2)cc1OC. The Labute approximate surface area is 170 Å². The third kappa shape index (κ3) is 3.66. The van der Waals surface area contributed by atoms with Crippen LogP contribution < -0.4 is 14.4 Å². The van der Waals surface area contributed by atoms with Gasteiger partial charge in [0, 0.05) is 5.56 Å². The minimum absolute atomic E-state index is 0.154. The lowest BCUT2D eigenvalue weighted by atomic mass is 10.1. The Morgan fingerprint density at radius 2 is 1.97 bits per heavy atom. The summed E-state index contributed by atoms with van der Waals surface area (Å²) in [7, 11) is 3.03. The van der Waals surface area contributed by atoms with Gasteiger partial charge in [0.05, 0.1) is 31.7 Å². The monoisotopic (exact) mass is 412 g/mol. The molecule has 0 N–H and O–H groups in total. The summed E-state index contributed by atoms with van der Waals surface area (Å²) < 4.78 is 30.8. The van der Waals surface area contributed by atoms with Crippen LogP contribution in [-0.2, 0) is 6.54 Å². The maximum atomic E-state index is 14.1. The first-order valence-electron chi connectivity index (χ1n) is 8.72. The summed E-state index contributed by atoms with van der Waals surface area (Å²) in [5.41, 5.74) is 0.617. The van der Waals surface area contributed by atoms with Crippen LogP contribution in [0.15, 0.2) is 59.2 Å². The second kappa shape index (κ2) is 7.92. The Kier molecular flexibility index (Phi) is 5.18. The number of anilines is 1. The van der Waals surface area contributed by atoms with E-state index in [4.69, 9.17) is 13.9 Å². The van der Waals surface area contributed by atoms with Crippen LogP contribution in [0.25, 0.3) is 10.2 Å². The Balaban J connectivity index is 1.77. The number of fused-ring (bicyclic) bond motifs is 1. The summed E-state index contributed by atoms with van der Waals surface area (Å²) in [6, 6.07) is 13.2. The number of methoxy groups -OCH3 is 2. The summed E-state index contributed by atoms with van der Waals surface area (Å²) in [6.07, 6.45) is 1.53. The second-order valence-corrected chi connectivity index (χ2v) is 7.13. The largest absolute Gasteiger partial charge is 0.493 e. The second-order valence-electron chi connectivity index (χ2n) is 6.12. The van der Waals surface area contributed by atoms with Crippen molar-refractivity contribution < 1.29 is 23.1 Å². The zero-order valence-corrected chi connectivity index (χ0v) is 16.5.